The zero-order valence-corrected chi connectivity index (χ0v) is 14.6. The molecular weight excluding hydrogens is 354 g/mol. The monoisotopic (exact) mass is 371 g/mol. The van der Waals surface area contributed by atoms with E-state index in [1.54, 1.807) is 24.3 Å². The number of piperazine rings is 1. The molecule has 2 heterocycles. The third-order valence-corrected chi connectivity index (χ3v) is 6.05. The van der Waals surface area contributed by atoms with E-state index < -0.39 is 16.1 Å². The van der Waals surface area contributed by atoms with Crippen molar-refractivity contribution in [2.45, 2.75) is 10.9 Å². The molecule has 2 aliphatic rings. The van der Waals surface area contributed by atoms with Crippen molar-refractivity contribution in [2.75, 3.05) is 19.6 Å². The summed E-state index contributed by atoms with van der Waals surface area (Å²) in [7, 11) is -3.70. The number of carboxylic acid groups (broad SMARTS) is 1. The largest absolute Gasteiger partial charge is 0.465 e. The molecule has 1 N–H and O–H groups in total. The molecule has 0 spiro atoms. The Kier molecular flexibility index (Phi) is 3.91. The van der Waals surface area contributed by atoms with Crippen molar-refractivity contribution in [3.8, 4) is 0 Å². The van der Waals surface area contributed by atoms with E-state index in [1.165, 1.54) is 4.90 Å². The molecular formula is C18H17N3O4S. The third-order valence-electron chi connectivity index (χ3n) is 4.72. The van der Waals surface area contributed by atoms with E-state index >= 15 is 0 Å². The van der Waals surface area contributed by atoms with Crippen LogP contribution >= 0.6 is 0 Å². The van der Waals surface area contributed by atoms with E-state index in [0.29, 0.717) is 24.5 Å². The van der Waals surface area contributed by atoms with Gasteiger partial charge in [0.2, 0.25) is 0 Å². The summed E-state index contributed by atoms with van der Waals surface area (Å²) in [6.45, 7) is 1.01. The van der Waals surface area contributed by atoms with Gasteiger partial charge >= 0.3 is 6.09 Å². The van der Waals surface area contributed by atoms with Crippen LogP contribution in [0, 0.1) is 0 Å². The highest BCUT2D eigenvalue weighted by molar-refractivity contribution is 7.90. The summed E-state index contributed by atoms with van der Waals surface area (Å²) < 4.78 is 28.6. The molecule has 0 saturated carbocycles. The number of carbonyl (C=O) groups is 1. The van der Waals surface area contributed by atoms with Gasteiger partial charge in [-0.1, -0.05) is 42.5 Å². The first-order valence-corrected chi connectivity index (χ1v) is 9.65. The Balaban J connectivity index is 1.71. The van der Waals surface area contributed by atoms with Crippen molar-refractivity contribution in [3.63, 3.8) is 0 Å². The first-order chi connectivity index (χ1) is 12.5. The summed E-state index contributed by atoms with van der Waals surface area (Å²) in [6, 6.07) is 15.7. The highest BCUT2D eigenvalue weighted by Gasteiger charge is 2.37. The van der Waals surface area contributed by atoms with E-state index in [0.717, 1.165) is 5.56 Å². The van der Waals surface area contributed by atoms with E-state index in [9.17, 15) is 18.3 Å². The molecule has 8 heteroatoms. The standard InChI is InChI=1S/C18H17N3O4S/c22-18(23)21-11-10-20(12-15(21)13-6-2-1-3-7-13)17-14-8-4-5-9-16(14)26(24,25)19-17/h1-9,15H,10-12H2,(H,22,23). The van der Waals surface area contributed by atoms with Gasteiger partial charge < -0.3 is 10.0 Å². The van der Waals surface area contributed by atoms with Gasteiger partial charge in [-0.2, -0.15) is 8.42 Å². The second-order valence-electron chi connectivity index (χ2n) is 6.23. The van der Waals surface area contributed by atoms with Gasteiger partial charge in [0.05, 0.1) is 6.04 Å². The number of sulfonamides is 1. The van der Waals surface area contributed by atoms with Crippen LogP contribution in [0.1, 0.15) is 17.2 Å². The molecule has 1 atom stereocenters. The molecule has 0 aromatic heterocycles. The Morgan fingerprint density at radius 2 is 1.73 bits per heavy atom. The van der Waals surface area contributed by atoms with Crippen LogP contribution in [0.4, 0.5) is 4.79 Å². The van der Waals surface area contributed by atoms with Crippen LogP contribution < -0.4 is 0 Å². The molecule has 2 aromatic carbocycles. The highest BCUT2D eigenvalue weighted by atomic mass is 32.2. The van der Waals surface area contributed by atoms with Crippen molar-refractivity contribution in [1.29, 1.82) is 0 Å². The van der Waals surface area contributed by atoms with Gasteiger partial charge in [-0.3, -0.25) is 4.90 Å². The number of benzene rings is 2. The molecule has 2 aliphatic heterocycles. The van der Waals surface area contributed by atoms with Crippen molar-refractivity contribution >= 4 is 22.0 Å². The minimum Gasteiger partial charge on any atom is -0.465 e. The summed E-state index contributed by atoms with van der Waals surface area (Å²) in [4.78, 5) is 15.1. The minimum absolute atomic E-state index is 0.201. The number of fused-ring (bicyclic) bond motifs is 1. The smallest absolute Gasteiger partial charge is 0.407 e. The summed E-state index contributed by atoms with van der Waals surface area (Å²) in [5.41, 5.74) is 1.44. The van der Waals surface area contributed by atoms with Gasteiger partial charge in [0.15, 0.2) is 5.84 Å². The van der Waals surface area contributed by atoms with Gasteiger partial charge in [-0.15, -0.1) is 4.40 Å². The van der Waals surface area contributed by atoms with Gasteiger partial charge in [0, 0.05) is 25.2 Å². The highest BCUT2D eigenvalue weighted by Crippen LogP contribution is 2.31. The molecule has 7 nitrogen and oxygen atoms in total. The predicted molar refractivity (Wildman–Crippen MR) is 95.7 cm³/mol. The van der Waals surface area contributed by atoms with E-state index in [2.05, 4.69) is 4.40 Å². The molecule has 134 valence electrons. The van der Waals surface area contributed by atoms with Crippen molar-refractivity contribution in [3.05, 3.63) is 65.7 Å². The maximum Gasteiger partial charge on any atom is 0.407 e. The lowest BCUT2D eigenvalue weighted by Crippen LogP contribution is -2.52. The predicted octanol–water partition coefficient (Wildman–Crippen LogP) is 2.17. The molecule has 0 aliphatic carbocycles. The van der Waals surface area contributed by atoms with Gasteiger partial charge in [0.25, 0.3) is 10.0 Å². The Hall–Kier alpha value is -2.87. The number of rotatable bonds is 1. The average molecular weight is 371 g/mol. The summed E-state index contributed by atoms with van der Waals surface area (Å²) in [6.07, 6.45) is -0.986. The molecule has 0 radical (unpaired) electrons. The van der Waals surface area contributed by atoms with Crippen LogP contribution in [0.2, 0.25) is 0 Å². The number of amides is 1. The Morgan fingerprint density at radius 1 is 1.04 bits per heavy atom. The first kappa shape index (κ1) is 16.6. The SMILES string of the molecule is O=C(O)N1CCN(C2=NS(=O)(=O)c3ccccc32)CC1c1ccccc1. The Bertz CT molecular complexity index is 989. The van der Waals surface area contributed by atoms with Crippen LogP contribution in [0.15, 0.2) is 63.9 Å². The lowest BCUT2D eigenvalue weighted by atomic mass is 10.0. The second kappa shape index (κ2) is 6.14. The van der Waals surface area contributed by atoms with Crippen molar-refractivity contribution in [1.82, 2.24) is 9.80 Å². The van der Waals surface area contributed by atoms with Crippen molar-refractivity contribution in [2.24, 2.45) is 4.40 Å². The molecule has 0 bridgehead atoms. The molecule has 1 amide bonds. The van der Waals surface area contributed by atoms with E-state index in [1.807, 2.05) is 35.2 Å². The Morgan fingerprint density at radius 3 is 2.46 bits per heavy atom. The van der Waals surface area contributed by atoms with Crippen LogP contribution in [-0.4, -0.2) is 54.9 Å². The summed E-state index contributed by atoms with van der Waals surface area (Å²) >= 11 is 0. The number of hydrogen-bond donors (Lipinski definition) is 1. The lowest BCUT2D eigenvalue weighted by molar-refractivity contribution is 0.0902. The lowest BCUT2D eigenvalue weighted by Gasteiger charge is -2.41. The zero-order chi connectivity index (χ0) is 18.3. The average Bonchev–Trinajstić information content (AvgIpc) is 2.93. The number of amidine groups is 1. The molecule has 1 saturated heterocycles. The van der Waals surface area contributed by atoms with Gasteiger partial charge in [-0.25, -0.2) is 4.79 Å². The Labute approximate surface area is 151 Å². The van der Waals surface area contributed by atoms with Crippen LogP contribution in [-0.2, 0) is 10.0 Å². The fourth-order valence-corrected chi connectivity index (χ4v) is 4.71. The maximum atomic E-state index is 12.3. The van der Waals surface area contributed by atoms with E-state index in [4.69, 9.17) is 0 Å². The molecule has 2 aromatic rings. The summed E-state index contributed by atoms with van der Waals surface area (Å²) in [5.74, 6) is 0.395. The first-order valence-electron chi connectivity index (χ1n) is 8.21. The number of nitrogens with zero attached hydrogens (tertiary/aromatic N) is 3. The zero-order valence-electron chi connectivity index (χ0n) is 13.8. The quantitative estimate of drug-likeness (QED) is 0.830. The normalized spacial score (nSPS) is 21.2. The molecule has 26 heavy (non-hydrogen) atoms. The molecule has 4 rings (SSSR count). The fraction of sp³-hybridized carbons (Fsp3) is 0.222. The fourth-order valence-electron chi connectivity index (χ4n) is 3.48. The van der Waals surface area contributed by atoms with Crippen molar-refractivity contribution < 1.29 is 18.3 Å². The molecule has 1 unspecified atom stereocenters. The topological polar surface area (TPSA) is 90.3 Å². The third kappa shape index (κ3) is 2.72. The second-order valence-corrected chi connectivity index (χ2v) is 7.81. The van der Waals surface area contributed by atoms with Crippen LogP contribution in [0.5, 0.6) is 0 Å². The summed E-state index contributed by atoms with van der Waals surface area (Å²) in [5, 5.41) is 9.54. The van der Waals surface area contributed by atoms with Gasteiger partial charge in [0.1, 0.15) is 4.90 Å². The maximum absolute atomic E-state index is 12.3. The minimum atomic E-state index is -3.70. The van der Waals surface area contributed by atoms with Gasteiger partial charge in [-0.05, 0) is 17.7 Å². The molecule has 1 fully saturated rings. The van der Waals surface area contributed by atoms with Crippen LogP contribution in [0.25, 0.3) is 0 Å². The number of hydrogen-bond acceptors (Lipinski definition) is 4. The van der Waals surface area contributed by atoms with E-state index in [-0.39, 0.29) is 17.5 Å². The van der Waals surface area contributed by atoms with Crippen LogP contribution in [0.3, 0.4) is 0 Å².